The van der Waals surface area contributed by atoms with Crippen molar-refractivity contribution in [3.63, 3.8) is 0 Å². The van der Waals surface area contributed by atoms with E-state index in [4.69, 9.17) is 28.4 Å². The quantitative estimate of drug-likeness (QED) is 0.0389. The van der Waals surface area contributed by atoms with Gasteiger partial charge in [-0.1, -0.05) is 174 Å². The van der Waals surface area contributed by atoms with Crippen LogP contribution in [0.2, 0.25) is 0 Å². The summed E-state index contributed by atoms with van der Waals surface area (Å²) in [6.45, 7) is 2.29. The molecule has 0 saturated carbocycles. The van der Waals surface area contributed by atoms with Crippen molar-refractivity contribution >= 4 is 23.7 Å². The zero-order valence-corrected chi connectivity index (χ0v) is 49.3. The van der Waals surface area contributed by atoms with Crippen LogP contribution in [0.15, 0.2) is 0 Å². The molecule has 24 nitrogen and oxygen atoms in total. The van der Waals surface area contributed by atoms with Gasteiger partial charge in [0, 0.05) is 26.3 Å². The molecule has 3 fully saturated rings. The minimum absolute atomic E-state index is 0.159. The van der Waals surface area contributed by atoms with E-state index in [2.05, 4.69) is 29.8 Å². The monoisotopic (exact) mass is 1180 g/mol. The van der Waals surface area contributed by atoms with Crippen molar-refractivity contribution in [1.82, 2.24) is 16.0 Å². The number of hydrogen-bond acceptors (Lipinski definition) is 20. The van der Waals surface area contributed by atoms with E-state index in [0.29, 0.717) is 19.4 Å². The number of rotatable bonds is 45. The second-order valence-corrected chi connectivity index (χ2v) is 22.8. The Bertz CT molecular complexity index is 1740. The molecule has 0 aromatic rings. The van der Waals surface area contributed by atoms with Gasteiger partial charge in [0.1, 0.15) is 73.2 Å². The number of hydrogen-bond donors (Lipinski definition) is 14. The molecule has 3 aliphatic heterocycles. The number of nitrogens with one attached hydrogen (secondary N) is 3. The molecule has 24 heteroatoms. The predicted molar refractivity (Wildman–Crippen MR) is 299 cm³/mol. The highest BCUT2D eigenvalue weighted by atomic mass is 16.8. The lowest BCUT2D eigenvalue weighted by Crippen LogP contribution is -2.70. The van der Waals surface area contributed by atoms with Crippen LogP contribution in [0.5, 0.6) is 0 Å². The third-order valence-electron chi connectivity index (χ3n) is 15.9. The number of unbranched alkanes of at least 4 members (excludes halogenated alkanes) is 25. The van der Waals surface area contributed by atoms with Crippen LogP contribution >= 0.6 is 0 Å². The lowest BCUT2D eigenvalue weighted by atomic mass is 9.88. The predicted octanol–water partition coefficient (Wildman–Crippen LogP) is 2.36. The van der Waals surface area contributed by atoms with E-state index in [1.165, 1.54) is 109 Å². The van der Waals surface area contributed by atoms with Gasteiger partial charge in [0.05, 0.1) is 38.6 Å². The van der Waals surface area contributed by atoms with Crippen molar-refractivity contribution in [2.45, 2.75) is 311 Å². The summed E-state index contributed by atoms with van der Waals surface area (Å²) in [7, 11) is 0. The smallest absolute Gasteiger partial charge is 0.364 e. The highest BCUT2D eigenvalue weighted by Gasteiger charge is 2.60. The highest BCUT2D eigenvalue weighted by Crippen LogP contribution is 2.38. The molecule has 0 bridgehead atoms. The number of carboxylic acids is 1. The van der Waals surface area contributed by atoms with Gasteiger partial charge < -0.3 is 101 Å². The molecule has 0 spiro atoms. The largest absolute Gasteiger partial charge is 0.477 e. The van der Waals surface area contributed by atoms with E-state index in [1.807, 2.05) is 0 Å². The Morgan fingerprint density at radius 3 is 1.57 bits per heavy atom. The lowest BCUT2D eigenvalue weighted by Gasteiger charge is -2.50. The summed E-state index contributed by atoms with van der Waals surface area (Å²) in [6, 6.07) is -2.83. The molecule has 480 valence electrons. The molecule has 17 atom stereocenters. The molecule has 14 N–H and O–H groups in total. The number of aliphatic hydroxyl groups is 10. The van der Waals surface area contributed by atoms with Crippen LogP contribution in [0, 0.1) is 0 Å². The zero-order valence-electron chi connectivity index (χ0n) is 49.3. The SMILES string of the molecule is CCCCCCCCCCCCCCCCCC(=O)N[C@@H](CO[C@@H]1O[C@H](CO)[C@@H](O[C@@H]2O[C@H](CO)[C@H](O)[C@H](O[C@]3(C(=O)O)C[C@H](O)[C@@H](NC(C)=O)[C@H]([C@H](O)[C@H](O)CO)O3)[C@H]2O)[C@H](O)[C@H]1O)C(=O)NCCCCCCCCCCCCCC. The van der Waals surface area contributed by atoms with Crippen LogP contribution in [0.25, 0.3) is 0 Å². The maximum absolute atomic E-state index is 13.7. The Morgan fingerprint density at radius 2 is 1.10 bits per heavy atom. The fourth-order valence-corrected chi connectivity index (χ4v) is 10.9. The van der Waals surface area contributed by atoms with Crippen LogP contribution in [0.1, 0.15) is 207 Å². The van der Waals surface area contributed by atoms with E-state index >= 15 is 0 Å². The summed E-state index contributed by atoms with van der Waals surface area (Å²) in [6.07, 6.45) is 2.87. The van der Waals surface area contributed by atoms with Gasteiger partial charge in [-0.2, -0.15) is 0 Å². The molecule has 3 aliphatic rings. The van der Waals surface area contributed by atoms with Gasteiger partial charge >= 0.3 is 5.97 Å². The average Bonchev–Trinajstić information content (AvgIpc) is 3.03. The molecule has 3 rings (SSSR count). The molecule has 0 aliphatic carbocycles. The topological polar surface area (TPSA) is 382 Å². The number of carbonyl (C=O) groups is 4. The van der Waals surface area contributed by atoms with E-state index in [-0.39, 0.29) is 12.3 Å². The van der Waals surface area contributed by atoms with Gasteiger partial charge in [0.2, 0.25) is 17.7 Å². The van der Waals surface area contributed by atoms with Crippen LogP contribution < -0.4 is 16.0 Å². The summed E-state index contributed by atoms with van der Waals surface area (Å²) in [5.74, 6) is -6.76. The van der Waals surface area contributed by atoms with E-state index < -0.39 is 154 Å². The minimum Gasteiger partial charge on any atom is -0.477 e. The maximum Gasteiger partial charge on any atom is 0.364 e. The molecule has 0 aromatic carbocycles. The molecular weight excluding hydrogens is 1070 g/mol. The molecule has 3 heterocycles. The summed E-state index contributed by atoms with van der Waals surface area (Å²) in [5, 5.41) is 127. The van der Waals surface area contributed by atoms with Crippen molar-refractivity contribution in [1.29, 1.82) is 0 Å². The van der Waals surface area contributed by atoms with Crippen LogP contribution in [0.4, 0.5) is 0 Å². The van der Waals surface area contributed by atoms with Gasteiger partial charge in [-0.05, 0) is 12.8 Å². The lowest BCUT2D eigenvalue weighted by molar-refractivity contribution is -0.386. The Balaban J connectivity index is 1.65. The highest BCUT2D eigenvalue weighted by molar-refractivity contribution is 5.87. The average molecular weight is 1180 g/mol. The summed E-state index contributed by atoms with van der Waals surface area (Å²) in [5.41, 5.74) is 0. The van der Waals surface area contributed by atoms with E-state index in [9.17, 15) is 75.3 Å². The first-order valence-electron chi connectivity index (χ1n) is 31.0. The van der Waals surface area contributed by atoms with Crippen LogP contribution in [0.3, 0.4) is 0 Å². The fourth-order valence-electron chi connectivity index (χ4n) is 10.9. The summed E-state index contributed by atoms with van der Waals surface area (Å²) in [4.78, 5) is 52.0. The van der Waals surface area contributed by atoms with Crippen LogP contribution in [-0.4, -0.2) is 217 Å². The Labute approximate surface area is 485 Å². The van der Waals surface area contributed by atoms with Gasteiger partial charge in [-0.15, -0.1) is 0 Å². The van der Waals surface area contributed by atoms with Crippen molar-refractivity contribution in [3.8, 4) is 0 Å². The molecule has 0 unspecified atom stereocenters. The summed E-state index contributed by atoms with van der Waals surface area (Å²) >= 11 is 0. The number of aliphatic carboxylic acids is 1. The molecule has 82 heavy (non-hydrogen) atoms. The van der Waals surface area contributed by atoms with E-state index in [1.54, 1.807) is 0 Å². The first-order valence-corrected chi connectivity index (χ1v) is 31.0. The number of carbonyl (C=O) groups excluding carboxylic acids is 3. The van der Waals surface area contributed by atoms with Gasteiger partial charge in [0.15, 0.2) is 12.6 Å². The standard InChI is InChI=1S/C58H107N3O21/c1-4-6-8-10-12-14-16-18-19-20-21-23-25-27-29-31-44(68)61-39(54(74)59-32-30-28-26-24-22-17-15-13-11-9-7-5-2)37-77-55-49(72)48(71)51(43(36-64)79-55)80-56-50(73)53(47(70)42(35-63)78-56)82-58(57(75)76)33-40(66)45(60-38(3)65)52(81-58)46(69)41(67)34-62/h39-43,45-53,55-56,62-64,66-67,69-73H,4-37H2,1-3H3,(H,59,74)(H,60,65)(H,61,68)(H,75,76)/t39-,40-,41+,42+,43+,45+,46+,47-,48+,49+,50+,51+,52+,53-,55+,56-,58-/m0/s1. The third kappa shape index (κ3) is 25.3. The number of amides is 3. The molecule has 0 aromatic heterocycles. The van der Waals surface area contributed by atoms with Gasteiger partial charge in [-0.25, -0.2) is 4.79 Å². The van der Waals surface area contributed by atoms with Gasteiger partial charge in [-0.3, -0.25) is 14.4 Å². The maximum atomic E-state index is 13.7. The molecule has 3 amide bonds. The van der Waals surface area contributed by atoms with Crippen LogP contribution in [-0.2, 0) is 47.6 Å². The third-order valence-corrected chi connectivity index (χ3v) is 15.9. The molecular formula is C58H107N3O21. The van der Waals surface area contributed by atoms with Crippen molar-refractivity contribution in [2.75, 3.05) is 33.0 Å². The first kappa shape index (κ1) is 73.5. The molecule has 0 radical (unpaired) electrons. The Hall–Kier alpha value is -2.76. The second-order valence-electron chi connectivity index (χ2n) is 22.8. The Morgan fingerprint density at radius 1 is 0.610 bits per heavy atom. The normalized spacial score (nSPS) is 29.6. The fraction of sp³-hybridized carbons (Fsp3) is 0.931. The molecule has 3 saturated heterocycles. The van der Waals surface area contributed by atoms with Gasteiger partial charge in [0.25, 0.3) is 5.79 Å². The minimum atomic E-state index is -3.09. The first-order chi connectivity index (χ1) is 39.4. The number of carboxylic acid groups (broad SMARTS) is 1. The number of ether oxygens (including phenoxy) is 6. The van der Waals surface area contributed by atoms with E-state index in [0.717, 1.165) is 58.3 Å². The number of aliphatic hydroxyl groups excluding tert-OH is 10. The van der Waals surface area contributed by atoms with Crippen molar-refractivity contribution in [2.24, 2.45) is 0 Å². The van der Waals surface area contributed by atoms with Crippen molar-refractivity contribution in [3.05, 3.63) is 0 Å². The Kier molecular flexibility index (Phi) is 37.1. The van der Waals surface area contributed by atoms with Crippen molar-refractivity contribution < 1.29 is 104 Å². The summed E-state index contributed by atoms with van der Waals surface area (Å²) < 4.78 is 34.5. The second kappa shape index (κ2) is 41.4. The zero-order chi connectivity index (χ0) is 60.5.